The molecule has 380 valence electrons. The maximum absolute atomic E-state index is 15.0. The average molecular weight is 940 g/mol. The molecule has 0 aliphatic carbocycles. The third kappa shape index (κ3) is 20.1. The molecule has 0 aliphatic rings. The largest absolute Gasteiger partial charge is 0.507 e. The Morgan fingerprint density at radius 3 is 0.985 bits per heavy atom. The number of benzene rings is 2. The zero-order chi connectivity index (χ0) is 49.8. The number of aliphatic carboxylic acids is 1. The standard InChI is InChI=1S/C59H102O6S/c1-15-17-19-21-23-25-27-29-31-33-36-66(37-34-32-30-28-26-24-22-20-18-16-2)38-35-65-54(64)59(53(62)63,43-45-39-47(55(3,4)5)51(60)48(40-45)56(6,7)8)44-46-41-49(57(9,10)11)52(61)50(42-46)58(12,13)14/h39-42,60-61,66H,15-38,43-44H2,1-14H3,(H,62,63). The minimum Gasteiger partial charge on any atom is -0.507 e. The maximum Gasteiger partial charge on any atom is 0.324 e. The zero-order valence-electron chi connectivity index (χ0n) is 45.2. The van der Waals surface area contributed by atoms with Gasteiger partial charge in [-0.2, -0.15) is 0 Å². The van der Waals surface area contributed by atoms with Gasteiger partial charge in [0.05, 0.1) is 6.61 Å². The highest BCUT2D eigenvalue weighted by atomic mass is 32.2. The summed E-state index contributed by atoms with van der Waals surface area (Å²) in [6.07, 6.45) is 25.9. The monoisotopic (exact) mass is 939 g/mol. The average Bonchev–Trinajstić information content (AvgIpc) is 3.20. The van der Waals surface area contributed by atoms with Crippen molar-refractivity contribution >= 4 is 22.8 Å². The van der Waals surface area contributed by atoms with E-state index in [4.69, 9.17) is 4.74 Å². The van der Waals surface area contributed by atoms with Crippen LogP contribution in [0.5, 0.6) is 11.5 Å². The Balaban J connectivity index is 2.49. The Labute approximate surface area is 409 Å². The van der Waals surface area contributed by atoms with E-state index in [9.17, 15) is 24.9 Å². The highest BCUT2D eigenvalue weighted by molar-refractivity contribution is 8.17. The van der Waals surface area contributed by atoms with Crippen LogP contribution in [0.1, 0.15) is 259 Å². The number of unbranched alkanes of at least 4 members (excludes halogenated alkanes) is 18. The van der Waals surface area contributed by atoms with Crippen molar-refractivity contribution in [2.45, 2.75) is 260 Å². The van der Waals surface area contributed by atoms with Gasteiger partial charge in [0.1, 0.15) is 11.5 Å². The fourth-order valence-electron chi connectivity index (χ4n) is 9.41. The summed E-state index contributed by atoms with van der Waals surface area (Å²) >= 11 is 0. The van der Waals surface area contributed by atoms with Crippen LogP contribution in [0.15, 0.2) is 24.3 Å². The molecule has 0 unspecified atom stereocenters. The number of esters is 1. The van der Waals surface area contributed by atoms with E-state index < -0.39 is 39.0 Å². The van der Waals surface area contributed by atoms with Gasteiger partial charge in [0, 0.05) is 5.75 Å². The van der Waals surface area contributed by atoms with Crippen molar-refractivity contribution in [3.8, 4) is 11.5 Å². The third-order valence-electron chi connectivity index (χ3n) is 13.7. The van der Waals surface area contributed by atoms with Crippen LogP contribution in [0, 0.1) is 5.41 Å². The summed E-state index contributed by atoms with van der Waals surface area (Å²) in [6.45, 7) is 29.2. The molecule has 3 N–H and O–H groups in total. The first-order valence-electron chi connectivity index (χ1n) is 26.7. The molecule has 0 aromatic heterocycles. The predicted molar refractivity (Wildman–Crippen MR) is 287 cm³/mol. The second-order valence-electron chi connectivity index (χ2n) is 24.2. The lowest BCUT2D eigenvalue weighted by atomic mass is 9.71. The summed E-state index contributed by atoms with van der Waals surface area (Å²) in [5.41, 5.74) is 0.520. The fourth-order valence-corrected chi connectivity index (χ4v) is 11.8. The summed E-state index contributed by atoms with van der Waals surface area (Å²) in [7, 11) is -0.365. The highest BCUT2D eigenvalue weighted by Gasteiger charge is 2.49. The Bertz CT molecular complexity index is 1550. The smallest absolute Gasteiger partial charge is 0.324 e. The Kier molecular flexibility index (Phi) is 25.3. The molecule has 2 aromatic rings. The molecule has 0 amide bonds. The SMILES string of the molecule is CCCCCCCCCCCC[SH](CCCCCCCCCCCC)CCOC(=O)C(Cc1cc(C(C)(C)C)c(O)c(C(C)(C)C)c1)(Cc1cc(C(C)(C)C)c(O)c(C(C)(C)C)c1)C(=O)O. The number of rotatable bonds is 31. The summed E-state index contributed by atoms with van der Waals surface area (Å²) < 4.78 is 6.28. The summed E-state index contributed by atoms with van der Waals surface area (Å²) in [5, 5.41) is 34.7. The molecule has 0 saturated carbocycles. The lowest BCUT2D eigenvalue weighted by molar-refractivity contribution is -0.168. The van der Waals surface area contributed by atoms with Gasteiger partial charge in [-0.15, -0.1) is 0 Å². The van der Waals surface area contributed by atoms with Crippen LogP contribution in [-0.4, -0.2) is 51.1 Å². The Morgan fingerprint density at radius 2 is 0.727 bits per heavy atom. The molecule has 0 spiro atoms. The van der Waals surface area contributed by atoms with Gasteiger partial charge in [0.15, 0.2) is 5.41 Å². The lowest BCUT2D eigenvalue weighted by Crippen LogP contribution is -2.45. The molecule has 0 heterocycles. The number of phenols is 2. The number of carboxylic acids is 1. The highest BCUT2D eigenvalue weighted by Crippen LogP contribution is 2.44. The molecule has 0 radical (unpaired) electrons. The molecular weight excluding hydrogens is 837 g/mol. The normalized spacial score (nSPS) is 13.0. The summed E-state index contributed by atoms with van der Waals surface area (Å²) in [4.78, 5) is 29.0. The van der Waals surface area contributed by atoms with Crippen LogP contribution >= 0.6 is 10.9 Å². The first-order valence-corrected chi connectivity index (χ1v) is 28.6. The second-order valence-corrected chi connectivity index (χ2v) is 26.8. The van der Waals surface area contributed by atoms with E-state index in [1.54, 1.807) is 0 Å². The van der Waals surface area contributed by atoms with E-state index in [0.29, 0.717) is 11.1 Å². The molecule has 2 rings (SSSR count). The predicted octanol–water partition coefficient (Wildman–Crippen LogP) is 16.5. The molecule has 66 heavy (non-hydrogen) atoms. The van der Waals surface area contributed by atoms with Gasteiger partial charge in [0.25, 0.3) is 0 Å². The minimum absolute atomic E-state index is 0.101. The maximum atomic E-state index is 15.0. The molecule has 6 nitrogen and oxygen atoms in total. The second kappa shape index (κ2) is 28.1. The summed E-state index contributed by atoms with van der Waals surface area (Å²) in [5.74, 6) is 1.61. The number of carbonyl (C=O) groups is 2. The molecule has 2 aromatic carbocycles. The molecule has 0 saturated heterocycles. The number of ether oxygens (including phenoxy) is 1. The first kappa shape index (κ1) is 59.5. The van der Waals surface area contributed by atoms with Crippen molar-refractivity contribution in [3.63, 3.8) is 0 Å². The van der Waals surface area contributed by atoms with E-state index in [1.807, 2.05) is 107 Å². The molecule has 7 heteroatoms. The van der Waals surface area contributed by atoms with E-state index in [-0.39, 0.29) is 41.8 Å². The van der Waals surface area contributed by atoms with Crippen LogP contribution in [0.25, 0.3) is 0 Å². The van der Waals surface area contributed by atoms with Crippen LogP contribution < -0.4 is 0 Å². The van der Waals surface area contributed by atoms with Crippen LogP contribution in [0.3, 0.4) is 0 Å². The Morgan fingerprint density at radius 1 is 0.455 bits per heavy atom. The number of aromatic hydroxyl groups is 2. The Hall–Kier alpha value is -2.67. The molecule has 0 atom stereocenters. The molecule has 0 bridgehead atoms. The zero-order valence-corrected chi connectivity index (χ0v) is 46.1. The van der Waals surface area contributed by atoms with Crippen molar-refractivity contribution < 1.29 is 29.6 Å². The quantitative estimate of drug-likeness (QED) is 0.0260. The van der Waals surface area contributed by atoms with E-state index >= 15 is 0 Å². The fraction of sp³-hybridized carbons (Fsp3) is 0.763. The van der Waals surface area contributed by atoms with Crippen molar-refractivity contribution in [2.75, 3.05) is 23.9 Å². The molecular formula is C59H102O6S. The molecule has 0 fully saturated rings. The van der Waals surface area contributed by atoms with Crippen LogP contribution in [0.2, 0.25) is 0 Å². The van der Waals surface area contributed by atoms with Gasteiger partial charge in [-0.05, 0) is 92.2 Å². The van der Waals surface area contributed by atoms with Crippen molar-refractivity contribution in [1.82, 2.24) is 0 Å². The summed E-state index contributed by atoms with van der Waals surface area (Å²) in [6, 6.07) is 7.58. The van der Waals surface area contributed by atoms with Gasteiger partial charge >= 0.3 is 11.9 Å². The van der Waals surface area contributed by atoms with E-state index in [1.165, 1.54) is 140 Å². The van der Waals surface area contributed by atoms with Gasteiger partial charge in [-0.3, -0.25) is 20.5 Å². The van der Waals surface area contributed by atoms with E-state index in [2.05, 4.69) is 13.8 Å². The van der Waals surface area contributed by atoms with Gasteiger partial charge in [0.2, 0.25) is 0 Å². The number of carbonyl (C=O) groups excluding carboxylic acids is 1. The van der Waals surface area contributed by atoms with Crippen molar-refractivity contribution in [3.05, 3.63) is 57.6 Å². The van der Waals surface area contributed by atoms with Gasteiger partial charge in [-0.25, -0.2) is 0 Å². The number of thiol groups is 1. The first-order chi connectivity index (χ1) is 30.8. The van der Waals surface area contributed by atoms with Crippen molar-refractivity contribution in [2.24, 2.45) is 5.41 Å². The number of carboxylic acid groups (broad SMARTS) is 1. The topological polar surface area (TPSA) is 104 Å². The molecule has 0 aliphatic heterocycles. The van der Waals surface area contributed by atoms with Crippen LogP contribution in [0.4, 0.5) is 0 Å². The van der Waals surface area contributed by atoms with Crippen molar-refractivity contribution in [1.29, 1.82) is 0 Å². The minimum atomic E-state index is -1.96. The lowest BCUT2D eigenvalue weighted by Gasteiger charge is -2.33. The van der Waals surface area contributed by atoms with Crippen LogP contribution in [-0.2, 0) is 48.8 Å². The van der Waals surface area contributed by atoms with Gasteiger partial charge < -0.3 is 20.1 Å². The van der Waals surface area contributed by atoms with E-state index in [0.717, 1.165) is 28.0 Å². The number of hydrogen-bond donors (Lipinski definition) is 4. The third-order valence-corrected chi connectivity index (χ3v) is 16.4. The van der Waals surface area contributed by atoms with Gasteiger partial charge in [-0.1, -0.05) is 237 Å². The number of phenolic OH excluding ortho intramolecular Hbond substituents is 2. The number of hydrogen-bond acceptors (Lipinski definition) is 5.